The van der Waals surface area contributed by atoms with E-state index in [4.69, 9.17) is 20.8 Å². The number of carbonyl (C=O) groups is 1. The number of allylic oxidation sites excluding steroid dienone is 1. The van der Waals surface area contributed by atoms with Crippen molar-refractivity contribution in [1.82, 2.24) is 15.5 Å². The van der Waals surface area contributed by atoms with Crippen molar-refractivity contribution in [2.45, 2.75) is 38.5 Å². The Morgan fingerprint density at radius 3 is 2.82 bits per heavy atom. The minimum Gasteiger partial charge on any atom is -0.484 e. The molecule has 0 aliphatic rings. The van der Waals surface area contributed by atoms with Gasteiger partial charge in [0.2, 0.25) is 18.2 Å². The van der Waals surface area contributed by atoms with Crippen molar-refractivity contribution >= 4 is 17.5 Å². The lowest BCUT2D eigenvalue weighted by molar-refractivity contribution is -0.122. The molecule has 1 amide bonds. The van der Waals surface area contributed by atoms with E-state index in [1.165, 1.54) is 12.1 Å². The first-order valence-electron chi connectivity index (χ1n) is 8.40. The van der Waals surface area contributed by atoms with Crippen molar-refractivity contribution < 1.29 is 27.1 Å². The zero-order chi connectivity index (χ0) is 20.7. The quantitative estimate of drug-likeness (QED) is 0.625. The number of nitrogens with zero attached hydrogens (tertiary/aromatic N) is 2. The lowest BCUT2D eigenvalue weighted by Crippen LogP contribution is -2.28. The van der Waals surface area contributed by atoms with Gasteiger partial charge in [0, 0.05) is 30.5 Å². The number of aryl methyl sites for hydroxylation is 1. The summed E-state index contributed by atoms with van der Waals surface area (Å²) in [5, 5.41) is 10.0. The summed E-state index contributed by atoms with van der Waals surface area (Å²) < 4.78 is 48.6. The largest absolute Gasteiger partial charge is 0.484 e. The lowest BCUT2D eigenvalue weighted by Gasteiger charge is -2.09. The molecule has 0 saturated carbocycles. The topological polar surface area (TPSA) is 77.3 Å². The van der Waals surface area contributed by atoms with Gasteiger partial charge in [-0.1, -0.05) is 25.1 Å². The van der Waals surface area contributed by atoms with Gasteiger partial charge >= 0.3 is 0 Å². The van der Waals surface area contributed by atoms with Crippen LogP contribution in [-0.4, -0.2) is 29.1 Å². The maximum atomic E-state index is 13.3. The molecule has 0 aliphatic carbocycles. The van der Waals surface area contributed by atoms with Crippen LogP contribution in [0.2, 0.25) is 5.02 Å². The number of nitrogens with one attached hydrogen (secondary N) is 1. The highest BCUT2D eigenvalue weighted by Crippen LogP contribution is 2.22. The van der Waals surface area contributed by atoms with Gasteiger partial charge in [0.25, 0.3) is 5.91 Å². The molecule has 1 aromatic heterocycles. The van der Waals surface area contributed by atoms with Crippen molar-refractivity contribution in [3.05, 3.63) is 53.1 Å². The number of ether oxygens (including phenoxy) is 1. The van der Waals surface area contributed by atoms with E-state index in [2.05, 4.69) is 22.1 Å². The molecule has 0 saturated heterocycles. The van der Waals surface area contributed by atoms with Gasteiger partial charge in [-0.25, -0.2) is 13.2 Å². The van der Waals surface area contributed by atoms with E-state index in [-0.39, 0.29) is 42.0 Å². The van der Waals surface area contributed by atoms with Gasteiger partial charge in [-0.3, -0.25) is 4.79 Å². The fourth-order valence-corrected chi connectivity index (χ4v) is 2.32. The van der Waals surface area contributed by atoms with Crippen molar-refractivity contribution in [2.75, 3.05) is 6.61 Å². The summed E-state index contributed by atoms with van der Waals surface area (Å²) in [5.74, 6) is -1.09. The number of halogens is 4. The fourth-order valence-electron chi connectivity index (χ4n) is 2.20. The van der Waals surface area contributed by atoms with Gasteiger partial charge in [-0.15, -0.1) is 10.2 Å². The maximum absolute atomic E-state index is 13.3. The van der Waals surface area contributed by atoms with Gasteiger partial charge in [-0.2, -0.15) is 0 Å². The van der Waals surface area contributed by atoms with Crippen molar-refractivity contribution in [3.8, 4) is 5.75 Å². The third-order valence-corrected chi connectivity index (χ3v) is 3.96. The van der Waals surface area contributed by atoms with E-state index in [0.717, 1.165) is 6.07 Å². The Morgan fingerprint density at radius 1 is 1.39 bits per heavy atom. The summed E-state index contributed by atoms with van der Waals surface area (Å²) in [6, 6.07) is 3.84. The molecule has 152 valence electrons. The van der Waals surface area contributed by atoms with E-state index >= 15 is 0 Å². The van der Waals surface area contributed by atoms with Crippen LogP contribution in [0.5, 0.6) is 5.75 Å². The van der Waals surface area contributed by atoms with Gasteiger partial charge in [0.15, 0.2) is 6.61 Å². The number of carbonyl (C=O) groups excluding carboxylic acids is 1. The number of hydrogen-bond acceptors (Lipinski definition) is 5. The van der Waals surface area contributed by atoms with Crippen LogP contribution < -0.4 is 10.1 Å². The molecule has 0 bridgehead atoms. The molecule has 10 heteroatoms. The van der Waals surface area contributed by atoms with Gasteiger partial charge < -0.3 is 14.5 Å². The first kappa shape index (κ1) is 21.7. The predicted octanol–water partition coefficient (Wildman–Crippen LogP) is 4.26. The third kappa shape index (κ3) is 6.88. The van der Waals surface area contributed by atoms with E-state index in [1.54, 1.807) is 6.92 Å². The summed E-state index contributed by atoms with van der Waals surface area (Å²) >= 11 is 5.57. The SMILES string of the molecule is C=C(CCc1nnc(C(C)CC(F)F)o1)NC(=O)COc1ccc(Cl)c(F)c1. The molecule has 2 rings (SSSR count). The molecule has 0 aliphatic heterocycles. The molecular formula is C18H19ClF3N3O3. The van der Waals surface area contributed by atoms with E-state index in [0.29, 0.717) is 12.1 Å². The van der Waals surface area contributed by atoms with Crippen LogP contribution in [0.15, 0.2) is 34.9 Å². The standard InChI is InChI=1S/C18H19ClF3N3O3/c1-10(7-15(21)22)18-25-24-17(28-18)6-3-11(2)23-16(26)9-27-12-4-5-13(19)14(20)8-12/h4-5,8,10,15H,2-3,6-7,9H2,1H3,(H,23,26). The Hall–Kier alpha value is -2.55. The summed E-state index contributed by atoms with van der Waals surface area (Å²) in [5.41, 5.74) is 0.385. The summed E-state index contributed by atoms with van der Waals surface area (Å²) in [4.78, 5) is 11.8. The Balaban J connectivity index is 1.73. The van der Waals surface area contributed by atoms with Gasteiger partial charge in [0.05, 0.1) is 5.02 Å². The van der Waals surface area contributed by atoms with Crippen LogP contribution in [-0.2, 0) is 11.2 Å². The minimum absolute atomic E-state index is 0.0436. The van der Waals surface area contributed by atoms with E-state index < -0.39 is 24.1 Å². The number of rotatable bonds is 10. The molecule has 1 atom stereocenters. The highest BCUT2D eigenvalue weighted by molar-refractivity contribution is 6.30. The second-order valence-electron chi connectivity index (χ2n) is 6.08. The Kier molecular flexibility index (Phi) is 7.86. The molecule has 0 fully saturated rings. The Labute approximate surface area is 164 Å². The number of benzene rings is 1. The maximum Gasteiger partial charge on any atom is 0.262 e. The van der Waals surface area contributed by atoms with Crippen LogP contribution in [0, 0.1) is 5.82 Å². The number of aromatic nitrogens is 2. The van der Waals surface area contributed by atoms with Gasteiger partial charge in [0.1, 0.15) is 11.6 Å². The molecule has 1 heterocycles. The lowest BCUT2D eigenvalue weighted by atomic mass is 10.1. The molecular weight excluding hydrogens is 399 g/mol. The Morgan fingerprint density at radius 2 is 2.14 bits per heavy atom. The first-order chi connectivity index (χ1) is 13.2. The van der Waals surface area contributed by atoms with E-state index in [1.807, 2.05) is 0 Å². The summed E-state index contributed by atoms with van der Waals surface area (Å²) in [7, 11) is 0. The molecule has 0 spiro atoms. The molecule has 28 heavy (non-hydrogen) atoms. The number of amides is 1. The monoisotopic (exact) mass is 417 g/mol. The van der Waals surface area contributed by atoms with Crippen LogP contribution in [0.4, 0.5) is 13.2 Å². The zero-order valence-corrected chi connectivity index (χ0v) is 15.8. The molecule has 2 aromatic rings. The van der Waals surface area contributed by atoms with Gasteiger partial charge in [-0.05, 0) is 18.6 Å². The molecule has 0 radical (unpaired) electrons. The average Bonchev–Trinajstić information content (AvgIpc) is 3.10. The van der Waals surface area contributed by atoms with Crippen LogP contribution >= 0.6 is 11.6 Å². The second kappa shape index (κ2) is 10.1. The van der Waals surface area contributed by atoms with Crippen molar-refractivity contribution in [2.24, 2.45) is 0 Å². The normalized spacial score (nSPS) is 12.1. The van der Waals surface area contributed by atoms with Crippen molar-refractivity contribution in [3.63, 3.8) is 0 Å². The van der Waals surface area contributed by atoms with Crippen LogP contribution in [0.3, 0.4) is 0 Å². The summed E-state index contributed by atoms with van der Waals surface area (Å²) in [6.45, 7) is 4.96. The van der Waals surface area contributed by atoms with Crippen molar-refractivity contribution in [1.29, 1.82) is 0 Å². The molecule has 1 unspecified atom stereocenters. The predicted molar refractivity (Wildman–Crippen MR) is 95.8 cm³/mol. The summed E-state index contributed by atoms with van der Waals surface area (Å²) in [6.07, 6.45) is -2.21. The second-order valence-corrected chi connectivity index (χ2v) is 6.49. The van der Waals surface area contributed by atoms with E-state index in [9.17, 15) is 18.0 Å². The highest BCUT2D eigenvalue weighted by atomic mass is 35.5. The third-order valence-electron chi connectivity index (χ3n) is 3.65. The average molecular weight is 418 g/mol. The number of alkyl halides is 2. The first-order valence-corrected chi connectivity index (χ1v) is 8.78. The molecule has 1 N–H and O–H groups in total. The number of hydrogen-bond donors (Lipinski definition) is 1. The highest BCUT2D eigenvalue weighted by Gasteiger charge is 2.18. The minimum atomic E-state index is -2.45. The smallest absolute Gasteiger partial charge is 0.262 e. The molecule has 6 nitrogen and oxygen atoms in total. The van der Waals surface area contributed by atoms with Crippen LogP contribution in [0.1, 0.15) is 37.5 Å². The zero-order valence-electron chi connectivity index (χ0n) is 15.1. The molecule has 1 aromatic carbocycles. The fraction of sp³-hybridized carbons (Fsp3) is 0.389. The van der Waals surface area contributed by atoms with Crippen LogP contribution in [0.25, 0.3) is 0 Å². The Bertz CT molecular complexity index is 829.